The van der Waals surface area contributed by atoms with Gasteiger partial charge in [-0.2, -0.15) is 5.26 Å². The highest BCUT2D eigenvalue weighted by Gasteiger charge is 2.30. The molecule has 0 bridgehead atoms. The van der Waals surface area contributed by atoms with Crippen molar-refractivity contribution in [2.75, 3.05) is 11.1 Å². The first-order valence-corrected chi connectivity index (χ1v) is 11.8. The molecule has 0 spiro atoms. The first-order valence-electron chi connectivity index (χ1n) is 10.8. The van der Waals surface area contributed by atoms with Crippen molar-refractivity contribution in [1.82, 2.24) is 5.32 Å². The highest BCUT2D eigenvalue weighted by molar-refractivity contribution is 8.03. The third-order valence-corrected chi connectivity index (χ3v) is 6.59. The summed E-state index contributed by atoms with van der Waals surface area (Å²) in [6, 6.07) is 18.1. The maximum atomic E-state index is 12.5. The summed E-state index contributed by atoms with van der Waals surface area (Å²) in [6.07, 6.45) is 0.225. The zero-order chi connectivity index (χ0) is 23.3. The highest BCUT2D eigenvalue weighted by atomic mass is 32.2. The molecule has 2 aromatic rings. The van der Waals surface area contributed by atoms with E-state index in [-0.39, 0.29) is 29.9 Å². The molecule has 0 aromatic heterocycles. The van der Waals surface area contributed by atoms with Crippen LogP contribution in [0.3, 0.4) is 0 Å². The minimum atomic E-state index is -0.302. The Morgan fingerprint density at radius 3 is 2.16 bits per heavy atom. The summed E-state index contributed by atoms with van der Waals surface area (Å²) in [5, 5.41) is 15.9. The van der Waals surface area contributed by atoms with Crippen LogP contribution in [-0.4, -0.2) is 17.6 Å². The van der Waals surface area contributed by atoms with Crippen molar-refractivity contribution >= 4 is 29.3 Å². The molecule has 1 aliphatic rings. The number of rotatable bonds is 7. The summed E-state index contributed by atoms with van der Waals surface area (Å²) in [5.41, 5.74) is 4.59. The number of carbonyl (C=O) groups is 2. The summed E-state index contributed by atoms with van der Waals surface area (Å²) in [5.74, 6) is 0.311. The number of nitriles is 1. The Morgan fingerprint density at radius 1 is 1.06 bits per heavy atom. The van der Waals surface area contributed by atoms with Crippen molar-refractivity contribution in [3.63, 3.8) is 0 Å². The Morgan fingerprint density at radius 2 is 1.62 bits per heavy atom. The fourth-order valence-corrected chi connectivity index (χ4v) is 4.49. The van der Waals surface area contributed by atoms with E-state index >= 15 is 0 Å². The molecule has 6 heteroatoms. The monoisotopic (exact) mass is 447 g/mol. The fraction of sp³-hybridized carbons (Fsp3) is 0.346. The first kappa shape index (κ1) is 23.6. The summed E-state index contributed by atoms with van der Waals surface area (Å²) in [6.45, 7) is 8.49. The lowest BCUT2D eigenvalue weighted by Crippen LogP contribution is -2.31. The zero-order valence-corrected chi connectivity index (χ0v) is 19.8. The third kappa shape index (κ3) is 5.80. The lowest BCUT2D eigenvalue weighted by molar-refractivity contribution is -0.121. The molecule has 1 atom stereocenters. The molecule has 0 fully saturated rings. The molecule has 0 unspecified atom stereocenters. The van der Waals surface area contributed by atoms with Crippen LogP contribution in [0.4, 0.5) is 5.69 Å². The number of carbonyl (C=O) groups excluding carboxylic acids is 2. The Hall–Kier alpha value is -3.04. The van der Waals surface area contributed by atoms with Gasteiger partial charge in [0.15, 0.2) is 0 Å². The molecule has 2 N–H and O–H groups in total. The minimum absolute atomic E-state index is 0.103. The average molecular weight is 448 g/mol. The number of nitrogens with zero attached hydrogens (tertiary/aromatic N) is 1. The third-order valence-electron chi connectivity index (χ3n) is 5.57. The van der Waals surface area contributed by atoms with Gasteiger partial charge in [0.1, 0.15) is 0 Å². The second-order valence-corrected chi connectivity index (χ2v) is 9.58. The van der Waals surface area contributed by atoms with Crippen LogP contribution in [0.15, 0.2) is 59.1 Å². The van der Waals surface area contributed by atoms with E-state index in [0.717, 1.165) is 11.3 Å². The SMILES string of the molecule is CC(C)c1ccc(NC(=O)CSC2=C(C#N)[C@H](c3ccc(C(C)C)cc3)CC(=O)N2)cc1. The summed E-state index contributed by atoms with van der Waals surface area (Å²) in [7, 11) is 0. The Labute approximate surface area is 194 Å². The van der Waals surface area contributed by atoms with E-state index < -0.39 is 0 Å². The van der Waals surface area contributed by atoms with Crippen LogP contribution in [0.5, 0.6) is 0 Å². The minimum Gasteiger partial charge on any atom is -0.325 e. The number of thioether (sulfide) groups is 1. The number of benzene rings is 2. The smallest absolute Gasteiger partial charge is 0.234 e. The van der Waals surface area contributed by atoms with E-state index in [1.165, 1.54) is 22.9 Å². The maximum absolute atomic E-state index is 12.5. The Kier molecular flexibility index (Phi) is 7.76. The summed E-state index contributed by atoms with van der Waals surface area (Å²) in [4.78, 5) is 24.8. The quantitative estimate of drug-likeness (QED) is 0.575. The molecule has 0 saturated carbocycles. The van der Waals surface area contributed by atoms with Gasteiger partial charge in [-0.05, 0) is 40.7 Å². The van der Waals surface area contributed by atoms with Crippen LogP contribution in [0, 0.1) is 11.3 Å². The standard InChI is InChI=1S/C26H29N3O2S/c1-16(2)18-5-7-20(8-6-18)22-13-24(30)29-26(23(22)14-27)32-15-25(31)28-21-11-9-19(10-12-21)17(3)4/h5-12,16-17,22H,13,15H2,1-4H3,(H,28,31)(H,29,30)/t22-/m0/s1. The molecule has 0 radical (unpaired) electrons. The van der Waals surface area contributed by atoms with E-state index in [1.54, 1.807) is 0 Å². The average Bonchev–Trinajstić information content (AvgIpc) is 2.77. The van der Waals surface area contributed by atoms with Gasteiger partial charge in [-0.25, -0.2) is 0 Å². The summed E-state index contributed by atoms with van der Waals surface area (Å²) >= 11 is 1.19. The van der Waals surface area contributed by atoms with Gasteiger partial charge in [0, 0.05) is 18.0 Å². The Bertz CT molecular complexity index is 1050. The van der Waals surface area contributed by atoms with E-state index in [9.17, 15) is 14.9 Å². The molecular formula is C26H29N3O2S. The van der Waals surface area contributed by atoms with Gasteiger partial charge in [0.2, 0.25) is 11.8 Å². The van der Waals surface area contributed by atoms with Crippen LogP contribution < -0.4 is 10.6 Å². The van der Waals surface area contributed by atoms with Gasteiger partial charge < -0.3 is 10.6 Å². The largest absolute Gasteiger partial charge is 0.325 e. The summed E-state index contributed by atoms with van der Waals surface area (Å²) < 4.78 is 0. The zero-order valence-electron chi connectivity index (χ0n) is 18.9. The molecular weight excluding hydrogens is 418 g/mol. The van der Waals surface area contributed by atoms with E-state index in [4.69, 9.17) is 0 Å². The van der Waals surface area contributed by atoms with Crippen molar-refractivity contribution in [2.45, 2.75) is 51.9 Å². The predicted molar refractivity (Wildman–Crippen MR) is 130 cm³/mol. The topological polar surface area (TPSA) is 82.0 Å². The van der Waals surface area contributed by atoms with Gasteiger partial charge in [0.25, 0.3) is 0 Å². The van der Waals surface area contributed by atoms with Crippen LogP contribution in [0.25, 0.3) is 0 Å². The molecule has 1 aliphatic heterocycles. The van der Waals surface area contributed by atoms with Crippen LogP contribution in [0.1, 0.15) is 68.6 Å². The second kappa shape index (κ2) is 10.5. The second-order valence-electron chi connectivity index (χ2n) is 8.59. The van der Waals surface area contributed by atoms with Crippen molar-refractivity contribution in [2.24, 2.45) is 0 Å². The number of hydrogen-bond acceptors (Lipinski definition) is 4. The number of nitrogens with one attached hydrogen (secondary N) is 2. The van der Waals surface area contributed by atoms with Gasteiger partial charge in [-0.3, -0.25) is 9.59 Å². The van der Waals surface area contributed by atoms with Crippen LogP contribution in [-0.2, 0) is 9.59 Å². The normalized spacial score (nSPS) is 16.2. The van der Waals surface area contributed by atoms with E-state index in [2.05, 4.69) is 44.4 Å². The molecule has 2 aromatic carbocycles. The molecule has 3 rings (SSSR count). The Balaban J connectivity index is 1.71. The highest BCUT2D eigenvalue weighted by Crippen LogP contribution is 2.36. The van der Waals surface area contributed by atoms with Gasteiger partial charge >= 0.3 is 0 Å². The fourth-order valence-electron chi connectivity index (χ4n) is 3.62. The molecule has 5 nitrogen and oxygen atoms in total. The van der Waals surface area contributed by atoms with Crippen molar-refractivity contribution in [1.29, 1.82) is 5.26 Å². The van der Waals surface area contributed by atoms with Crippen molar-refractivity contribution in [3.8, 4) is 6.07 Å². The van der Waals surface area contributed by atoms with E-state index in [1.807, 2.05) is 48.5 Å². The predicted octanol–water partition coefficient (Wildman–Crippen LogP) is 5.64. The maximum Gasteiger partial charge on any atom is 0.234 e. The van der Waals surface area contributed by atoms with Crippen LogP contribution in [0.2, 0.25) is 0 Å². The van der Waals surface area contributed by atoms with Gasteiger partial charge in [-0.1, -0.05) is 75.9 Å². The number of amides is 2. The van der Waals surface area contributed by atoms with Gasteiger partial charge in [0.05, 0.1) is 22.4 Å². The van der Waals surface area contributed by atoms with Crippen molar-refractivity contribution < 1.29 is 9.59 Å². The molecule has 32 heavy (non-hydrogen) atoms. The molecule has 0 aliphatic carbocycles. The van der Waals surface area contributed by atoms with E-state index in [0.29, 0.717) is 22.4 Å². The number of allylic oxidation sites excluding steroid dienone is 1. The molecule has 0 saturated heterocycles. The lowest BCUT2D eigenvalue weighted by Gasteiger charge is -2.25. The molecule has 2 amide bonds. The first-order chi connectivity index (χ1) is 15.3. The number of hydrogen-bond donors (Lipinski definition) is 2. The lowest BCUT2D eigenvalue weighted by atomic mass is 9.86. The van der Waals surface area contributed by atoms with Crippen LogP contribution >= 0.6 is 11.8 Å². The number of anilines is 1. The van der Waals surface area contributed by atoms with Gasteiger partial charge in [-0.15, -0.1) is 0 Å². The van der Waals surface area contributed by atoms with Crippen molar-refractivity contribution in [3.05, 3.63) is 75.8 Å². The molecule has 1 heterocycles. The molecule has 166 valence electrons.